The zero-order chi connectivity index (χ0) is 9.80. The molecule has 1 aliphatic heterocycles. The molecule has 0 aromatic heterocycles. The Morgan fingerprint density at radius 2 is 1.79 bits per heavy atom. The van der Waals surface area contributed by atoms with E-state index in [-0.39, 0.29) is 0 Å². The molecule has 1 atom stereocenters. The molecule has 0 N–H and O–H groups in total. The highest BCUT2D eigenvalue weighted by Gasteiger charge is 2.24. The first-order chi connectivity index (χ1) is 6.88. The molecule has 1 heterocycles. The number of rotatable bonds is 3. The second-order valence-electron chi connectivity index (χ2n) is 5.07. The van der Waals surface area contributed by atoms with Crippen LogP contribution in [0.2, 0.25) is 0 Å². The highest BCUT2D eigenvalue weighted by Crippen LogP contribution is 2.26. The quantitative estimate of drug-likeness (QED) is 0.654. The SMILES string of the molecule is ClCC1CCN(CC2CCCCC2)C1. The van der Waals surface area contributed by atoms with Gasteiger partial charge in [0.1, 0.15) is 0 Å². The predicted molar refractivity (Wildman–Crippen MR) is 61.8 cm³/mol. The van der Waals surface area contributed by atoms with E-state index in [4.69, 9.17) is 11.6 Å². The van der Waals surface area contributed by atoms with E-state index in [9.17, 15) is 0 Å². The smallest absolute Gasteiger partial charge is 0.0264 e. The third kappa shape index (κ3) is 2.87. The average molecular weight is 216 g/mol. The first kappa shape index (κ1) is 10.8. The van der Waals surface area contributed by atoms with Gasteiger partial charge in [-0.05, 0) is 37.6 Å². The predicted octanol–water partition coefficient (Wildman–Crippen LogP) is 3.13. The van der Waals surface area contributed by atoms with Gasteiger partial charge in [-0.15, -0.1) is 11.6 Å². The second-order valence-corrected chi connectivity index (χ2v) is 5.38. The zero-order valence-electron chi connectivity index (χ0n) is 9.05. The van der Waals surface area contributed by atoms with E-state index in [1.165, 1.54) is 58.2 Å². The summed E-state index contributed by atoms with van der Waals surface area (Å²) >= 11 is 5.89. The lowest BCUT2D eigenvalue weighted by Crippen LogP contribution is -2.28. The molecule has 14 heavy (non-hydrogen) atoms. The summed E-state index contributed by atoms with van der Waals surface area (Å²) in [7, 11) is 0. The highest BCUT2D eigenvalue weighted by atomic mass is 35.5. The first-order valence-corrected chi connectivity index (χ1v) is 6.70. The van der Waals surface area contributed by atoms with Gasteiger partial charge >= 0.3 is 0 Å². The molecule has 0 aromatic rings. The van der Waals surface area contributed by atoms with Crippen molar-refractivity contribution < 1.29 is 0 Å². The average Bonchev–Trinajstić information content (AvgIpc) is 2.67. The lowest BCUT2D eigenvalue weighted by atomic mass is 9.89. The number of hydrogen-bond acceptors (Lipinski definition) is 1. The van der Waals surface area contributed by atoms with Gasteiger partial charge in [0, 0.05) is 19.0 Å². The molecule has 2 rings (SSSR count). The molecule has 0 spiro atoms. The van der Waals surface area contributed by atoms with Crippen LogP contribution in [0.1, 0.15) is 38.5 Å². The Morgan fingerprint density at radius 3 is 2.43 bits per heavy atom. The molecule has 2 fully saturated rings. The molecular formula is C12H22ClN. The Balaban J connectivity index is 1.69. The fourth-order valence-corrected chi connectivity index (χ4v) is 3.19. The lowest BCUT2D eigenvalue weighted by molar-refractivity contribution is 0.229. The summed E-state index contributed by atoms with van der Waals surface area (Å²) < 4.78 is 0. The van der Waals surface area contributed by atoms with Crippen LogP contribution in [-0.2, 0) is 0 Å². The fourth-order valence-electron chi connectivity index (χ4n) is 2.94. The van der Waals surface area contributed by atoms with Gasteiger partial charge in [0.2, 0.25) is 0 Å². The highest BCUT2D eigenvalue weighted by molar-refractivity contribution is 6.18. The molecule has 1 saturated carbocycles. The van der Waals surface area contributed by atoms with Gasteiger partial charge in [-0.25, -0.2) is 0 Å². The van der Waals surface area contributed by atoms with Crippen molar-refractivity contribution in [2.75, 3.05) is 25.5 Å². The minimum Gasteiger partial charge on any atom is -0.303 e. The normalized spacial score (nSPS) is 31.1. The monoisotopic (exact) mass is 215 g/mol. The molecule has 1 unspecified atom stereocenters. The van der Waals surface area contributed by atoms with Crippen molar-refractivity contribution in [3.8, 4) is 0 Å². The van der Waals surface area contributed by atoms with Gasteiger partial charge < -0.3 is 4.90 Å². The molecule has 0 aromatic carbocycles. The largest absolute Gasteiger partial charge is 0.303 e. The Morgan fingerprint density at radius 1 is 1.00 bits per heavy atom. The lowest BCUT2D eigenvalue weighted by Gasteiger charge is -2.26. The summed E-state index contributed by atoms with van der Waals surface area (Å²) in [4.78, 5) is 2.64. The second kappa shape index (κ2) is 5.37. The van der Waals surface area contributed by atoms with Gasteiger partial charge in [-0.3, -0.25) is 0 Å². The number of halogens is 1. The number of hydrogen-bond donors (Lipinski definition) is 0. The van der Waals surface area contributed by atoms with Gasteiger partial charge in [-0.2, -0.15) is 0 Å². The number of likely N-dealkylation sites (tertiary alicyclic amines) is 1. The van der Waals surface area contributed by atoms with Gasteiger partial charge in [0.25, 0.3) is 0 Å². The van der Waals surface area contributed by atoms with E-state index >= 15 is 0 Å². The summed E-state index contributed by atoms with van der Waals surface area (Å²) in [6.07, 6.45) is 8.69. The third-order valence-electron chi connectivity index (χ3n) is 3.83. The summed E-state index contributed by atoms with van der Waals surface area (Å²) in [6.45, 7) is 3.92. The van der Waals surface area contributed by atoms with E-state index in [2.05, 4.69) is 4.90 Å². The van der Waals surface area contributed by atoms with Crippen LogP contribution in [0.4, 0.5) is 0 Å². The Bertz CT molecular complexity index is 166. The van der Waals surface area contributed by atoms with Crippen LogP contribution in [-0.4, -0.2) is 30.4 Å². The molecular weight excluding hydrogens is 194 g/mol. The van der Waals surface area contributed by atoms with E-state index in [0.717, 1.165) is 17.7 Å². The number of nitrogens with zero attached hydrogens (tertiary/aromatic N) is 1. The van der Waals surface area contributed by atoms with Gasteiger partial charge in [0.15, 0.2) is 0 Å². The van der Waals surface area contributed by atoms with E-state index in [0.29, 0.717) is 0 Å². The summed E-state index contributed by atoms with van der Waals surface area (Å²) in [5.41, 5.74) is 0. The fraction of sp³-hybridized carbons (Fsp3) is 1.00. The van der Waals surface area contributed by atoms with Crippen molar-refractivity contribution in [3.05, 3.63) is 0 Å². The topological polar surface area (TPSA) is 3.24 Å². The van der Waals surface area contributed by atoms with Crippen LogP contribution in [0.15, 0.2) is 0 Å². The minimum absolute atomic E-state index is 0.778. The zero-order valence-corrected chi connectivity index (χ0v) is 9.81. The van der Waals surface area contributed by atoms with E-state index in [1.807, 2.05) is 0 Å². The molecule has 0 radical (unpaired) electrons. The number of alkyl halides is 1. The molecule has 82 valence electrons. The van der Waals surface area contributed by atoms with Crippen LogP contribution in [0.3, 0.4) is 0 Å². The Labute approximate surface area is 92.8 Å². The molecule has 2 aliphatic rings. The summed E-state index contributed by atoms with van der Waals surface area (Å²) in [5, 5.41) is 0. The van der Waals surface area contributed by atoms with Gasteiger partial charge in [-0.1, -0.05) is 19.3 Å². The Hall–Kier alpha value is 0.250. The third-order valence-corrected chi connectivity index (χ3v) is 4.27. The van der Waals surface area contributed by atoms with Crippen molar-refractivity contribution in [1.29, 1.82) is 0 Å². The van der Waals surface area contributed by atoms with Crippen LogP contribution in [0, 0.1) is 11.8 Å². The van der Waals surface area contributed by atoms with Crippen molar-refractivity contribution in [2.24, 2.45) is 11.8 Å². The van der Waals surface area contributed by atoms with E-state index in [1.54, 1.807) is 0 Å². The van der Waals surface area contributed by atoms with Crippen molar-refractivity contribution in [2.45, 2.75) is 38.5 Å². The van der Waals surface area contributed by atoms with Crippen molar-refractivity contribution >= 4 is 11.6 Å². The molecule has 0 bridgehead atoms. The van der Waals surface area contributed by atoms with Gasteiger partial charge in [0.05, 0.1) is 0 Å². The van der Waals surface area contributed by atoms with Crippen LogP contribution in [0.25, 0.3) is 0 Å². The van der Waals surface area contributed by atoms with Crippen LogP contribution >= 0.6 is 11.6 Å². The maximum atomic E-state index is 5.89. The van der Waals surface area contributed by atoms with E-state index < -0.39 is 0 Å². The molecule has 1 nitrogen and oxygen atoms in total. The van der Waals surface area contributed by atoms with Crippen LogP contribution < -0.4 is 0 Å². The Kier molecular flexibility index (Phi) is 4.12. The molecule has 2 heteroatoms. The van der Waals surface area contributed by atoms with Crippen molar-refractivity contribution in [1.82, 2.24) is 4.90 Å². The molecule has 0 amide bonds. The first-order valence-electron chi connectivity index (χ1n) is 6.17. The molecule has 1 saturated heterocycles. The van der Waals surface area contributed by atoms with Crippen molar-refractivity contribution in [3.63, 3.8) is 0 Å². The molecule has 1 aliphatic carbocycles. The summed E-state index contributed by atoms with van der Waals surface area (Å²) in [6, 6.07) is 0. The maximum Gasteiger partial charge on any atom is 0.0264 e. The standard InChI is InChI=1S/C12H22ClN/c13-8-12-6-7-14(10-12)9-11-4-2-1-3-5-11/h11-12H,1-10H2. The minimum atomic E-state index is 0.778. The summed E-state index contributed by atoms with van der Waals surface area (Å²) in [5.74, 6) is 2.64. The maximum absolute atomic E-state index is 5.89. The van der Waals surface area contributed by atoms with Crippen LogP contribution in [0.5, 0.6) is 0 Å².